The van der Waals surface area contributed by atoms with Gasteiger partial charge in [0.1, 0.15) is 15.7 Å². The lowest BCUT2D eigenvalue weighted by Gasteiger charge is -2.28. The molecule has 0 aromatic carbocycles. The fourth-order valence-corrected chi connectivity index (χ4v) is 6.58. The Balaban J connectivity index is 1.87. The van der Waals surface area contributed by atoms with Crippen molar-refractivity contribution in [2.75, 3.05) is 18.1 Å². The summed E-state index contributed by atoms with van der Waals surface area (Å²) in [5.74, 6) is -4.16. The Hall–Kier alpha value is -2.48. The number of amides is 1. The number of hydrogen-bond acceptors (Lipinski definition) is 6. The lowest BCUT2D eigenvalue weighted by molar-refractivity contribution is -0.142. The Morgan fingerprint density at radius 2 is 1.73 bits per heavy atom. The number of nitrogens with one attached hydrogen (secondary N) is 2. The van der Waals surface area contributed by atoms with Crippen LogP contribution in [-0.4, -0.2) is 58.9 Å². The Morgan fingerprint density at radius 1 is 1.12 bits per heavy atom. The van der Waals surface area contributed by atoms with Crippen molar-refractivity contribution >= 4 is 33.2 Å². The van der Waals surface area contributed by atoms with Gasteiger partial charge in [0.15, 0.2) is 5.69 Å². The minimum atomic E-state index is -4.48. The molecule has 1 aliphatic rings. The van der Waals surface area contributed by atoms with Gasteiger partial charge in [-0.05, 0) is 58.4 Å². The van der Waals surface area contributed by atoms with Crippen LogP contribution >= 0.6 is 11.6 Å². The van der Waals surface area contributed by atoms with E-state index in [1.165, 1.54) is 24.8 Å². The van der Waals surface area contributed by atoms with Gasteiger partial charge in [-0.1, -0.05) is 11.6 Å². The number of alkyl halides is 5. The predicted octanol–water partition coefficient (Wildman–Crippen LogP) is 6.21. The van der Waals surface area contributed by atoms with E-state index >= 15 is 0 Å². The molecule has 1 fully saturated rings. The molecule has 0 bridgehead atoms. The maximum Gasteiger partial charge on any atom is 0.391 e. The molecule has 1 amide bonds. The molecule has 1 aliphatic carbocycles. The SMILES string of the molecule is CCn1nc(C(=O)NCC2CCC(S(C)(=O)=O)CC2)c(Cl)c1-c1cnc(NC(C)(C)CC(F)(F)F)cc1C(C)(F)F. The minimum absolute atomic E-state index is 0.0260. The summed E-state index contributed by atoms with van der Waals surface area (Å²) in [6.45, 7) is 5.33. The summed E-state index contributed by atoms with van der Waals surface area (Å²) < 4.78 is 93.4. The summed E-state index contributed by atoms with van der Waals surface area (Å²) in [5, 5.41) is 9.02. The molecule has 0 atom stereocenters. The number of halogens is 6. The van der Waals surface area contributed by atoms with Crippen molar-refractivity contribution in [2.45, 2.75) is 89.2 Å². The zero-order chi connectivity index (χ0) is 31.0. The quantitative estimate of drug-likeness (QED) is 0.304. The van der Waals surface area contributed by atoms with Crippen LogP contribution in [0.4, 0.5) is 27.8 Å². The van der Waals surface area contributed by atoms with Gasteiger partial charge in [-0.2, -0.15) is 18.3 Å². The number of rotatable bonds is 10. The molecule has 2 N–H and O–H groups in total. The fraction of sp³-hybridized carbons (Fsp3) is 0.654. The molecular weight excluding hydrogens is 593 g/mol. The Morgan fingerprint density at radius 3 is 2.24 bits per heavy atom. The average molecular weight is 628 g/mol. The van der Waals surface area contributed by atoms with E-state index in [0.29, 0.717) is 32.6 Å². The van der Waals surface area contributed by atoms with Crippen LogP contribution in [0.3, 0.4) is 0 Å². The molecule has 0 spiro atoms. The second-order valence-electron chi connectivity index (χ2n) is 11.3. The molecule has 1 saturated carbocycles. The first-order chi connectivity index (χ1) is 18.7. The van der Waals surface area contributed by atoms with E-state index < -0.39 is 45.4 Å². The molecule has 41 heavy (non-hydrogen) atoms. The highest BCUT2D eigenvalue weighted by molar-refractivity contribution is 7.91. The van der Waals surface area contributed by atoms with E-state index in [-0.39, 0.29) is 52.0 Å². The summed E-state index contributed by atoms with van der Waals surface area (Å²) in [7, 11) is -3.12. The van der Waals surface area contributed by atoms with Crippen molar-refractivity contribution < 1.29 is 35.2 Å². The van der Waals surface area contributed by atoms with E-state index in [2.05, 4.69) is 20.7 Å². The lowest BCUT2D eigenvalue weighted by atomic mass is 9.89. The molecule has 15 heteroatoms. The zero-order valence-corrected chi connectivity index (χ0v) is 25.1. The van der Waals surface area contributed by atoms with E-state index in [4.69, 9.17) is 11.6 Å². The van der Waals surface area contributed by atoms with Gasteiger partial charge in [-0.3, -0.25) is 9.48 Å². The molecule has 230 valence electrons. The summed E-state index contributed by atoms with van der Waals surface area (Å²) >= 11 is 6.55. The van der Waals surface area contributed by atoms with E-state index in [1.807, 2.05) is 0 Å². The molecule has 2 heterocycles. The molecule has 2 aromatic heterocycles. The highest BCUT2D eigenvalue weighted by Gasteiger charge is 2.38. The van der Waals surface area contributed by atoms with Crippen LogP contribution < -0.4 is 10.6 Å². The molecule has 2 aromatic rings. The first kappa shape index (κ1) is 33.0. The number of carbonyl (C=O) groups is 1. The summed E-state index contributed by atoms with van der Waals surface area (Å²) in [5.41, 5.74) is -2.34. The normalized spacial score (nSPS) is 18.8. The maximum absolute atomic E-state index is 14.8. The largest absolute Gasteiger partial charge is 0.391 e. The first-order valence-corrected chi connectivity index (χ1v) is 15.5. The summed E-state index contributed by atoms with van der Waals surface area (Å²) in [6.07, 6.45) is -1.13. The average Bonchev–Trinajstić information content (AvgIpc) is 3.16. The van der Waals surface area contributed by atoms with Crippen LogP contribution in [-0.2, 0) is 22.3 Å². The van der Waals surface area contributed by atoms with Gasteiger partial charge in [-0.15, -0.1) is 0 Å². The number of aryl methyl sites for hydroxylation is 1. The molecule has 0 radical (unpaired) electrons. The number of hydrogen-bond donors (Lipinski definition) is 2. The van der Waals surface area contributed by atoms with E-state index in [1.54, 1.807) is 6.92 Å². The number of carbonyl (C=O) groups excluding carboxylic acids is 1. The summed E-state index contributed by atoms with van der Waals surface area (Å²) in [4.78, 5) is 17.1. The third-order valence-electron chi connectivity index (χ3n) is 7.10. The molecule has 3 rings (SSSR count). The van der Waals surface area contributed by atoms with Crippen molar-refractivity contribution in [1.29, 1.82) is 0 Å². The van der Waals surface area contributed by atoms with Gasteiger partial charge in [0.2, 0.25) is 0 Å². The van der Waals surface area contributed by atoms with Crippen LogP contribution in [0.1, 0.15) is 75.9 Å². The van der Waals surface area contributed by atoms with Crippen LogP contribution in [0.15, 0.2) is 12.3 Å². The lowest BCUT2D eigenvalue weighted by Crippen LogP contribution is -2.36. The van der Waals surface area contributed by atoms with Gasteiger partial charge in [0.25, 0.3) is 11.8 Å². The van der Waals surface area contributed by atoms with Crippen molar-refractivity contribution in [3.8, 4) is 11.3 Å². The van der Waals surface area contributed by atoms with Gasteiger partial charge in [0, 0.05) is 49.1 Å². The predicted molar refractivity (Wildman–Crippen MR) is 147 cm³/mol. The van der Waals surface area contributed by atoms with Crippen LogP contribution in [0.25, 0.3) is 11.3 Å². The number of sulfone groups is 1. The van der Waals surface area contributed by atoms with Gasteiger partial charge in [0.05, 0.1) is 22.4 Å². The van der Waals surface area contributed by atoms with Crippen molar-refractivity contribution in [3.63, 3.8) is 0 Å². The van der Waals surface area contributed by atoms with Crippen molar-refractivity contribution in [1.82, 2.24) is 20.1 Å². The third-order valence-corrected chi connectivity index (χ3v) is 9.14. The Bertz CT molecular complexity index is 1360. The highest BCUT2D eigenvalue weighted by atomic mass is 35.5. The number of nitrogens with zero attached hydrogens (tertiary/aromatic N) is 3. The van der Waals surface area contributed by atoms with Crippen LogP contribution in [0.2, 0.25) is 5.02 Å². The molecule has 0 unspecified atom stereocenters. The second kappa shape index (κ2) is 12.0. The fourth-order valence-electron chi connectivity index (χ4n) is 5.12. The number of aromatic nitrogens is 3. The molecule has 0 aliphatic heterocycles. The van der Waals surface area contributed by atoms with E-state index in [0.717, 1.165) is 12.3 Å². The summed E-state index contributed by atoms with van der Waals surface area (Å²) in [6, 6.07) is 0.976. The zero-order valence-electron chi connectivity index (χ0n) is 23.5. The van der Waals surface area contributed by atoms with Crippen molar-refractivity contribution in [3.05, 3.63) is 28.5 Å². The minimum Gasteiger partial charge on any atom is -0.365 e. The molecule has 0 saturated heterocycles. The van der Waals surface area contributed by atoms with E-state index in [9.17, 15) is 35.2 Å². The second-order valence-corrected chi connectivity index (χ2v) is 14.0. The highest BCUT2D eigenvalue weighted by Crippen LogP contribution is 2.41. The Labute approximate surface area is 241 Å². The smallest absolute Gasteiger partial charge is 0.365 e. The molecule has 8 nitrogen and oxygen atoms in total. The maximum atomic E-state index is 14.8. The van der Waals surface area contributed by atoms with Crippen molar-refractivity contribution in [2.24, 2.45) is 5.92 Å². The van der Waals surface area contributed by atoms with Gasteiger partial charge < -0.3 is 10.6 Å². The molecular formula is C26H35ClF5N5O3S. The third kappa shape index (κ3) is 8.52. The van der Waals surface area contributed by atoms with Crippen LogP contribution in [0, 0.1) is 5.92 Å². The van der Waals surface area contributed by atoms with Gasteiger partial charge in [-0.25, -0.2) is 22.2 Å². The Kier molecular flexibility index (Phi) is 9.68. The number of pyridine rings is 1. The monoisotopic (exact) mass is 627 g/mol. The van der Waals surface area contributed by atoms with Crippen LogP contribution in [0.5, 0.6) is 0 Å². The standard InChI is InChI=1S/C26H35ClF5N5O3S/c1-6-37-22(17-13-33-19(11-18(17)25(4,28)29)35-24(2,3)14-26(30,31)32)20(27)21(36-37)23(38)34-12-15-7-9-16(10-8-15)41(5,39)40/h11,13,15-16H,6-10,12,14H2,1-5H3,(H,33,35)(H,34,38). The number of anilines is 1. The first-order valence-electron chi connectivity index (χ1n) is 13.2. The van der Waals surface area contributed by atoms with Gasteiger partial charge >= 0.3 is 6.18 Å². The topological polar surface area (TPSA) is 106 Å².